The van der Waals surface area contributed by atoms with E-state index in [1.165, 1.54) is 0 Å². The first kappa shape index (κ1) is 4.97. The fourth-order valence-electron chi connectivity index (χ4n) is 0.454. The number of hydrogen-bond donors (Lipinski definition) is 1. The minimum absolute atomic E-state index is 0.736. The summed E-state index contributed by atoms with van der Waals surface area (Å²) in [4.78, 5) is 4.69. The van der Waals surface area contributed by atoms with E-state index >= 15 is 0 Å². The quantitative estimate of drug-likeness (QED) is 0.501. The lowest BCUT2D eigenvalue weighted by molar-refractivity contribution is 0.173. The summed E-state index contributed by atoms with van der Waals surface area (Å²) in [5.41, 5.74) is 1.06. The van der Waals surface area contributed by atoms with Crippen LogP contribution in [0.4, 0.5) is 0 Å². The molecule has 0 fully saturated rings. The number of rotatable bonds is 1. The summed E-state index contributed by atoms with van der Waals surface area (Å²) in [7, 11) is 0. The van der Waals surface area contributed by atoms with Crippen LogP contribution in [0.2, 0.25) is 0 Å². The van der Waals surface area contributed by atoms with Crippen LogP contribution in [0.3, 0.4) is 0 Å². The number of oxime groups is 1. The van der Waals surface area contributed by atoms with E-state index in [0.717, 1.165) is 24.5 Å². The average Bonchev–Trinajstić information content (AvgIpc) is 2.14. The van der Waals surface area contributed by atoms with Crippen molar-refractivity contribution >= 4 is 18.3 Å². The van der Waals surface area contributed by atoms with Crippen LogP contribution in [-0.4, -0.2) is 18.1 Å². The Balaban J connectivity index is 2.36. The fourth-order valence-corrected chi connectivity index (χ4v) is 0.670. The standard InChI is InChI=1S/C4H7NOS/c7-3-4-1-2-6-5-4/h7H,1-3H2. The SMILES string of the molecule is SCC1=NOCC1. The van der Waals surface area contributed by atoms with E-state index in [1.54, 1.807) is 0 Å². The lowest BCUT2D eigenvalue weighted by Crippen LogP contribution is -1.93. The molecule has 1 rings (SSSR count). The van der Waals surface area contributed by atoms with Gasteiger partial charge in [0.05, 0.1) is 5.71 Å². The van der Waals surface area contributed by atoms with Crippen molar-refractivity contribution < 1.29 is 4.84 Å². The highest BCUT2D eigenvalue weighted by Gasteiger charge is 2.03. The minimum atomic E-state index is 0.736. The number of hydrogen-bond acceptors (Lipinski definition) is 3. The molecule has 7 heavy (non-hydrogen) atoms. The third kappa shape index (κ3) is 1.09. The van der Waals surface area contributed by atoms with Gasteiger partial charge in [0.2, 0.25) is 0 Å². The van der Waals surface area contributed by atoms with Gasteiger partial charge in [-0.05, 0) is 0 Å². The highest BCUT2D eigenvalue weighted by Crippen LogP contribution is 1.99. The zero-order chi connectivity index (χ0) is 5.11. The van der Waals surface area contributed by atoms with Gasteiger partial charge in [-0.15, -0.1) is 0 Å². The molecule has 0 aliphatic carbocycles. The molecular formula is C4H7NOS. The van der Waals surface area contributed by atoms with Crippen molar-refractivity contribution in [3.05, 3.63) is 0 Å². The van der Waals surface area contributed by atoms with Gasteiger partial charge in [0, 0.05) is 12.2 Å². The third-order valence-electron chi connectivity index (χ3n) is 0.858. The topological polar surface area (TPSA) is 21.6 Å². The highest BCUT2D eigenvalue weighted by atomic mass is 32.1. The fraction of sp³-hybridized carbons (Fsp3) is 0.750. The van der Waals surface area contributed by atoms with Crippen molar-refractivity contribution in [2.75, 3.05) is 12.4 Å². The first-order chi connectivity index (χ1) is 3.43. The molecular weight excluding hydrogens is 110 g/mol. The van der Waals surface area contributed by atoms with E-state index in [0.29, 0.717) is 0 Å². The third-order valence-corrected chi connectivity index (χ3v) is 1.22. The first-order valence-electron chi connectivity index (χ1n) is 2.22. The van der Waals surface area contributed by atoms with E-state index in [2.05, 4.69) is 22.6 Å². The van der Waals surface area contributed by atoms with Crippen LogP contribution in [0, 0.1) is 0 Å². The van der Waals surface area contributed by atoms with Gasteiger partial charge in [0.15, 0.2) is 0 Å². The molecule has 0 atom stereocenters. The molecule has 0 saturated carbocycles. The lowest BCUT2D eigenvalue weighted by atomic mass is 10.3. The van der Waals surface area contributed by atoms with E-state index in [9.17, 15) is 0 Å². The summed E-state index contributed by atoms with van der Waals surface area (Å²) >= 11 is 4.00. The molecule has 0 bridgehead atoms. The molecule has 0 spiro atoms. The van der Waals surface area contributed by atoms with E-state index < -0.39 is 0 Å². The summed E-state index contributed by atoms with van der Waals surface area (Å²) in [6.45, 7) is 0.746. The van der Waals surface area contributed by atoms with Crippen molar-refractivity contribution in [1.82, 2.24) is 0 Å². The molecule has 1 aliphatic rings. The van der Waals surface area contributed by atoms with Crippen molar-refractivity contribution in [2.24, 2.45) is 5.16 Å². The molecule has 0 aromatic rings. The predicted molar refractivity (Wildman–Crippen MR) is 31.9 cm³/mol. The minimum Gasteiger partial charge on any atom is -0.395 e. The summed E-state index contributed by atoms with van der Waals surface area (Å²) in [5.74, 6) is 0.736. The molecule has 1 aliphatic heterocycles. The smallest absolute Gasteiger partial charge is 0.122 e. The van der Waals surface area contributed by atoms with Crippen LogP contribution < -0.4 is 0 Å². The second-order valence-corrected chi connectivity index (χ2v) is 1.72. The Labute approximate surface area is 47.9 Å². The molecule has 40 valence electrons. The Bertz CT molecular complexity index is 91.7. The van der Waals surface area contributed by atoms with Gasteiger partial charge in [-0.25, -0.2) is 0 Å². The van der Waals surface area contributed by atoms with Gasteiger partial charge in [-0.1, -0.05) is 5.16 Å². The summed E-state index contributed by atoms with van der Waals surface area (Å²) in [6.07, 6.45) is 0.962. The van der Waals surface area contributed by atoms with E-state index in [-0.39, 0.29) is 0 Å². The Morgan fingerprint density at radius 3 is 3.00 bits per heavy atom. The molecule has 0 amide bonds. The van der Waals surface area contributed by atoms with Crippen LogP contribution in [0.5, 0.6) is 0 Å². The monoisotopic (exact) mass is 117 g/mol. The van der Waals surface area contributed by atoms with Gasteiger partial charge in [-0.2, -0.15) is 12.6 Å². The Kier molecular flexibility index (Phi) is 1.57. The van der Waals surface area contributed by atoms with Crippen LogP contribution in [0.15, 0.2) is 5.16 Å². The van der Waals surface area contributed by atoms with E-state index in [4.69, 9.17) is 0 Å². The normalized spacial score (nSPS) is 18.7. The van der Waals surface area contributed by atoms with Gasteiger partial charge >= 0.3 is 0 Å². The Hall–Kier alpha value is -0.180. The largest absolute Gasteiger partial charge is 0.395 e. The summed E-state index contributed by atoms with van der Waals surface area (Å²) in [5, 5.41) is 3.69. The molecule has 0 unspecified atom stereocenters. The van der Waals surface area contributed by atoms with Gasteiger partial charge in [-0.3, -0.25) is 0 Å². The van der Waals surface area contributed by atoms with Crippen LogP contribution in [-0.2, 0) is 4.84 Å². The predicted octanol–water partition coefficient (Wildman–Crippen LogP) is 0.693. The maximum absolute atomic E-state index is 4.69. The molecule has 1 heterocycles. The summed E-state index contributed by atoms with van der Waals surface area (Å²) in [6, 6.07) is 0. The van der Waals surface area contributed by atoms with E-state index in [1.807, 2.05) is 0 Å². The van der Waals surface area contributed by atoms with Crippen LogP contribution >= 0.6 is 12.6 Å². The molecule has 0 saturated heterocycles. The number of nitrogens with zero attached hydrogens (tertiary/aromatic N) is 1. The molecule has 0 aromatic heterocycles. The second-order valence-electron chi connectivity index (χ2n) is 1.40. The maximum Gasteiger partial charge on any atom is 0.122 e. The van der Waals surface area contributed by atoms with Gasteiger partial charge < -0.3 is 4.84 Å². The van der Waals surface area contributed by atoms with Crippen molar-refractivity contribution in [1.29, 1.82) is 0 Å². The Morgan fingerprint density at radius 2 is 2.71 bits per heavy atom. The van der Waals surface area contributed by atoms with Crippen LogP contribution in [0.1, 0.15) is 6.42 Å². The van der Waals surface area contributed by atoms with Gasteiger partial charge in [0.25, 0.3) is 0 Å². The maximum atomic E-state index is 4.69. The van der Waals surface area contributed by atoms with Crippen molar-refractivity contribution in [3.8, 4) is 0 Å². The second kappa shape index (κ2) is 2.21. The average molecular weight is 117 g/mol. The molecule has 0 N–H and O–H groups in total. The summed E-state index contributed by atoms with van der Waals surface area (Å²) < 4.78 is 0. The molecule has 0 radical (unpaired) electrons. The van der Waals surface area contributed by atoms with Crippen molar-refractivity contribution in [2.45, 2.75) is 6.42 Å². The zero-order valence-corrected chi connectivity index (χ0v) is 4.82. The molecule has 0 aromatic carbocycles. The van der Waals surface area contributed by atoms with Gasteiger partial charge in [0.1, 0.15) is 6.61 Å². The molecule has 3 heteroatoms. The Morgan fingerprint density at radius 1 is 1.86 bits per heavy atom. The zero-order valence-electron chi connectivity index (χ0n) is 3.92. The number of thiol groups is 1. The highest BCUT2D eigenvalue weighted by molar-refractivity contribution is 7.81. The first-order valence-corrected chi connectivity index (χ1v) is 2.85. The van der Waals surface area contributed by atoms with Crippen LogP contribution in [0.25, 0.3) is 0 Å². The molecule has 2 nitrogen and oxygen atoms in total. The lowest BCUT2D eigenvalue weighted by Gasteiger charge is -1.80. The van der Waals surface area contributed by atoms with Crippen molar-refractivity contribution in [3.63, 3.8) is 0 Å².